The van der Waals surface area contributed by atoms with Crippen LogP contribution >= 0.6 is 21.7 Å². The molecule has 0 bridgehead atoms. The van der Waals surface area contributed by atoms with Gasteiger partial charge in [0.05, 0.1) is 0 Å². The summed E-state index contributed by atoms with van der Waals surface area (Å²) < 4.78 is 0. The summed E-state index contributed by atoms with van der Waals surface area (Å²) in [6.45, 7) is 0. The molecule has 0 unspecified atom stereocenters. The van der Waals surface area contributed by atoms with E-state index in [1.165, 1.54) is 27.0 Å². The predicted molar refractivity (Wildman–Crippen MR) is 56.2 cm³/mol. The van der Waals surface area contributed by atoms with Gasteiger partial charge in [0.25, 0.3) is 0 Å². The summed E-state index contributed by atoms with van der Waals surface area (Å²) in [5.41, 5.74) is 2.76. The summed E-state index contributed by atoms with van der Waals surface area (Å²) in [7, 11) is 7.04. The van der Waals surface area contributed by atoms with E-state index in [0.29, 0.717) is 0 Å². The molecule has 1 aliphatic rings. The van der Waals surface area contributed by atoms with Gasteiger partial charge in [0.1, 0.15) is 0 Å². The fourth-order valence-electron chi connectivity index (χ4n) is 1.47. The number of hydrogen-bond acceptors (Lipinski definition) is 1. The third kappa shape index (κ3) is 1.52. The maximum absolute atomic E-state index is 5.70. The average Bonchev–Trinajstić information content (AvgIpc) is 2.17. The van der Waals surface area contributed by atoms with Crippen molar-refractivity contribution in [3.8, 4) is 0 Å². The molecule has 0 aromatic heterocycles. The van der Waals surface area contributed by atoms with Crippen LogP contribution < -0.4 is 0 Å². The maximum atomic E-state index is 5.70. The second-order valence-corrected chi connectivity index (χ2v) is 4.03. The van der Waals surface area contributed by atoms with Gasteiger partial charge in [-0.1, -0.05) is 24.3 Å². The third-order valence-corrected chi connectivity index (χ3v) is 3.23. The van der Waals surface area contributed by atoms with Crippen LogP contribution in [0.25, 0.3) is 6.08 Å². The van der Waals surface area contributed by atoms with Crippen molar-refractivity contribution < 1.29 is 0 Å². The summed E-state index contributed by atoms with van der Waals surface area (Å²) in [5.74, 6) is 0. The minimum atomic E-state index is 1.09. The van der Waals surface area contributed by atoms with Crippen molar-refractivity contribution in [1.29, 1.82) is 0 Å². The van der Waals surface area contributed by atoms with Crippen molar-refractivity contribution in [2.45, 2.75) is 12.8 Å². The molecule has 0 radical (unpaired) electrons. The summed E-state index contributed by atoms with van der Waals surface area (Å²) in [5, 5.41) is 0. The van der Waals surface area contributed by atoms with E-state index in [1.807, 2.05) is 0 Å². The summed E-state index contributed by atoms with van der Waals surface area (Å²) >= 11 is 0. The highest BCUT2D eigenvalue weighted by atomic mass is 35.7. The Morgan fingerprint density at radius 3 is 2.83 bits per heavy atom. The van der Waals surface area contributed by atoms with Gasteiger partial charge in [-0.2, -0.15) is 0 Å². The minimum absolute atomic E-state index is 1.09. The molecule has 2 rings (SSSR count). The Kier molecular flexibility index (Phi) is 2.43. The summed E-state index contributed by atoms with van der Waals surface area (Å²) in [6.07, 6.45) is 4.39. The number of allylic oxidation sites excluding steroid dienone is 1. The van der Waals surface area contributed by atoms with Crippen LogP contribution in [0.15, 0.2) is 29.2 Å². The van der Waals surface area contributed by atoms with Crippen molar-refractivity contribution in [3.63, 3.8) is 0 Å². The summed E-state index contributed by atoms with van der Waals surface area (Å²) in [4.78, 5) is 1.27. The number of fused-ring (bicyclic) bond motifs is 1. The van der Waals surface area contributed by atoms with E-state index in [1.54, 1.807) is 0 Å². The number of benzene rings is 1. The molecule has 0 heterocycles. The maximum Gasteiger partial charge on any atom is 0.00179 e. The average molecular weight is 197 g/mol. The number of hydrogen-bond donors (Lipinski definition) is 0. The molecule has 0 atom stereocenters. The molecule has 0 amide bonds. The monoisotopic (exact) mass is 196 g/mol. The van der Waals surface area contributed by atoms with E-state index in [9.17, 15) is 0 Å². The Morgan fingerprint density at radius 1 is 1.17 bits per heavy atom. The van der Waals surface area contributed by atoms with E-state index in [-0.39, 0.29) is 0 Å². The van der Waals surface area contributed by atoms with Crippen LogP contribution in [0, 0.1) is 0 Å². The van der Waals surface area contributed by atoms with Gasteiger partial charge in [-0.15, -0.1) is 0 Å². The molecule has 62 valence electrons. The van der Waals surface area contributed by atoms with Crippen LogP contribution in [0.1, 0.15) is 17.5 Å². The van der Waals surface area contributed by atoms with Gasteiger partial charge in [-0.3, -0.25) is 0 Å². The Bertz CT molecular complexity index is 317. The van der Waals surface area contributed by atoms with Gasteiger partial charge in [-0.25, -0.2) is 0 Å². The topological polar surface area (TPSA) is 0 Å². The molecule has 0 saturated carbocycles. The zero-order valence-corrected chi connectivity index (χ0v) is 8.16. The second-order valence-electron chi connectivity index (χ2n) is 2.89. The Balaban J connectivity index is 2.41. The quantitative estimate of drug-likeness (QED) is 0.658. The molecule has 0 nitrogen and oxygen atoms in total. The SMILES string of the molecule is ClSC1=Cc2ccccc2CC1. The highest BCUT2D eigenvalue weighted by Crippen LogP contribution is 2.32. The molecule has 0 fully saturated rings. The molecule has 1 aliphatic carbocycles. The Morgan fingerprint density at radius 2 is 2.00 bits per heavy atom. The fourth-order valence-corrected chi connectivity index (χ4v) is 2.18. The number of aryl methyl sites for hydroxylation is 1. The van der Waals surface area contributed by atoms with E-state index < -0.39 is 0 Å². The van der Waals surface area contributed by atoms with Gasteiger partial charge in [0.2, 0.25) is 0 Å². The van der Waals surface area contributed by atoms with Crippen LogP contribution in [0.3, 0.4) is 0 Å². The molecule has 1 aromatic carbocycles. The van der Waals surface area contributed by atoms with Crippen molar-refractivity contribution in [1.82, 2.24) is 0 Å². The van der Waals surface area contributed by atoms with E-state index in [0.717, 1.165) is 12.8 Å². The molecule has 1 aromatic rings. The lowest BCUT2D eigenvalue weighted by atomic mass is 9.98. The van der Waals surface area contributed by atoms with Gasteiger partial charge in [0, 0.05) is 4.91 Å². The molecule has 2 heteroatoms. The number of halogens is 1. The van der Waals surface area contributed by atoms with Crippen molar-refractivity contribution in [2.24, 2.45) is 0 Å². The molecular formula is C10H9ClS. The molecule has 0 N–H and O–H groups in total. The molecular weight excluding hydrogens is 188 g/mol. The van der Waals surface area contributed by atoms with Gasteiger partial charge < -0.3 is 0 Å². The standard InChI is InChI=1S/C10H9ClS/c11-12-10-6-5-8-3-1-2-4-9(8)7-10/h1-4,7H,5-6H2. The van der Waals surface area contributed by atoms with Crippen LogP contribution in [0.2, 0.25) is 0 Å². The molecule has 0 spiro atoms. The largest absolute Gasteiger partial charge is 0.0620 e. The first-order chi connectivity index (χ1) is 5.90. The first kappa shape index (κ1) is 8.21. The second kappa shape index (κ2) is 3.55. The first-order valence-electron chi connectivity index (χ1n) is 3.97. The van der Waals surface area contributed by atoms with Gasteiger partial charge in [-0.05, 0) is 51.7 Å². The molecule has 0 saturated heterocycles. The highest BCUT2D eigenvalue weighted by Gasteiger charge is 2.08. The zero-order chi connectivity index (χ0) is 8.39. The van der Waals surface area contributed by atoms with Crippen molar-refractivity contribution >= 4 is 27.7 Å². The van der Waals surface area contributed by atoms with E-state index >= 15 is 0 Å². The third-order valence-electron chi connectivity index (χ3n) is 2.11. The van der Waals surface area contributed by atoms with Gasteiger partial charge in [0.15, 0.2) is 0 Å². The molecule has 12 heavy (non-hydrogen) atoms. The molecule has 0 aliphatic heterocycles. The zero-order valence-electron chi connectivity index (χ0n) is 6.59. The van der Waals surface area contributed by atoms with Crippen molar-refractivity contribution in [3.05, 3.63) is 40.3 Å². The van der Waals surface area contributed by atoms with Crippen LogP contribution in [0.5, 0.6) is 0 Å². The van der Waals surface area contributed by atoms with Gasteiger partial charge >= 0.3 is 0 Å². The van der Waals surface area contributed by atoms with Crippen LogP contribution in [-0.2, 0) is 6.42 Å². The van der Waals surface area contributed by atoms with E-state index in [2.05, 4.69) is 30.3 Å². The van der Waals surface area contributed by atoms with Crippen LogP contribution in [0.4, 0.5) is 0 Å². The highest BCUT2D eigenvalue weighted by molar-refractivity contribution is 8.24. The van der Waals surface area contributed by atoms with Crippen molar-refractivity contribution in [2.75, 3.05) is 0 Å². The predicted octanol–water partition coefficient (Wildman–Crippen LogP) is 3.86. The lowest BCUT2D eigenvalue weighted by molar-refractivity contribution is 0.974. The first-order valence-corrected chi connectivity index (χ1v) is 5.61. The fraction of sp³-hybridized carbons (Fsp3) is 0.200. The summed E-state index contributed by atoms with van der Waals surface area (Å²) in [6, 6.07) is 8.48. The normalized spacial score (nSPS) is 15.2. The Labute approximate surface area is 81.1 Å². The van der Waals surface area contributed by atoms with E-state index in [4.69, 9.17) is 10.7 Å². The Hall–Kier alpha value is -0.400. The smallest absolute Gasteiger partial charge is 0.00179 e. The lowest BCUT2D eigenvalue weighted by Gasteiger charge is -2.13. The number of rotatable bonds is 1. The van der Waals surface area contributed by atoms with Crippen LogP contribution in [-0.4, -0.2) is 0 Å². The lowest BCUT2D eigenvalue weighted by Crippen LogP contribution is -1.95. The minimum Gasteiger partial charge on any atom is -0.0620 e.